The first-order chi connectivity index (χ1) is 8.75. The molecule has 1 aliphatic heterocycles. The van der Waals surface area contributed by atoms with Gasteiger partial charge in [-0.05, 0) is 23.4 Å². The summed E-state index contributed by atoms with van der Waals surface area (Å²) in [6.07, 6.45) is 0. The minimum atomic E-state index is -0.952. The maximum Gasteiger partial charge on any atom is 0.335 e. The van der Waals surface area contributed by atoms with E-state index in [1.807, 2.05) is 5.01 Å². The molecule has 1 fully saturated rings. The van der Waals surface area contributed by atoms with Crippen molar-refractivity contribution in [2.45, 2.75) is 0 Å². The van der Waals surface area contributed by atoms with Crippen molar-refractivity contribution < 1.29 is 14.6 Å². The predicted octanol–water partition coefficient (Wildman–Crippen LogP) is 0.0977. The fraction of sp³-hybridized carbons (Fsp3) is 0.364. The van der Waals surface area contributed by atoms with Crippen molar-refractivity contribution >= 4 is 17.0 Å². The maximum atomic E-state index is 11.0. The van der Waals surface area contributed by atoms with E-state index in [1.165, 1.54) is 6.07 Å². The zero-order chi connectivity index (χ0) is 12.5. The number of ether oxygens (including phenoxy) is 1. The first kappa shape index (κ1) is 11.0. The predicted molar refractivity (Wildman–Crippen MR) is 63.3 cm³/mol. The Balaban J connectivity index is 2.05. The number of fused-ring (bicyclic) bond motifs is 1. The van der Waals surface area contributed by atoms with Crippen LogP contribution in [-0.2, 0) is 4.74 Å². The second-order valence-electron chi connectivity index (χ2n) is 4.05. The number of hydrogen-bond acceptors (Lipinski definition) is 5. The molecule has 0 atom stereocenters. The molecule has 18 heavy (non-hydrogen) atoms. The highest BCUT2D eigenvalue weighted by Crippen LogP contribution is 2.14. The van der Waals surface area contributed by atoms with Gasteiger partial charge < -0.3 is 9.84 Å². The molecule has 7 nitrogen and oxygen atoms in total. The fourth-order valence-electron chi connectivity index (χ4n) is 1.99. The second-order valence-corrected chi connectivity index (χ2v) is 4.05. The summed E-state index contributed by atoms with van der Waals surface area (Å²) in [7, 11) is 0. The Hall–Kier alpha value is -2.15. The van der Waals surface area contributed by atoms with E-state index in [-0.39, 0.29) is 5.56 Å². The van der Waals surface area contributed by atoms with Gasteiger partial charge in [0.15, 0.2) is 0 Å². The Labute approximate surface area is 103 Å². The first-order valence-electron chi connectivity index (χ1n) is 5.67. The van der Waals surface area contributed by atoms with Gasteiger partial charge in [-0.25, -0.2) is 4.79 Å². The molecule has 2 heterocycles. The summed E-state index contributed by atoms with van der Waals surface area (Å²) >= 11 is 0. The van der Waals surface area contributed by atoms with Crippen LogP contribution >= 0.6 is 0 Å². The van der Waals surface area contributed by atoms with Crippen molar-refractivity contribution in [1.29, 1.82) is 0 Å². The van der Waals surface area contributed by atoms with Gasteiger partial charge in [-0.15, -0.1) is 5.10 Å². The summed E-state index contributed by atoms with van der Waals surface area (Å²) < 4.78 is 5.27. The average molecular weight is 248 g/mol. The van der Waals surface area contributed by atoms with Crippen LogP contribution in [0.3, 0.4) is 0 Å². The number of hydrogen-bond donors (Lipinski definition) is 1. The van der Waals surface area contributed by atoms with Crippen molar-refractivity contribution in [1.82, 2.24) is 15.1 Å². The third-order valence-corrected chi connectivity index (χ3v) is 2.93. The van der Waals surface area contributed by atoms with Crippen LogP contribution in [-0.4, -0.2) is 52.5 Å². The number of carboxylic acids is 1. The van der Waals surface area contributed by atoms with E-state index < -0.39 is 5.97 Å². The Morgan fingerprint density at radius 1 is 1.33 bits per heavy atom. The number of aromatic nitrogens is 3. The van der Waals surface area contributed by atoms with Crippen LogP contribution in [0.5, 0.6) is 0 Å². The molecule has 0 unspecified atom stereocenters. The van der Waals surface area contributed by atoms with E-state index in [1.54, 1.807) is 16.9 Å². The standard InChI is InChI=1S/C11H12N4O3/c16-11(17)8-1-2-9-10(7-8)15(13-12-9)14-3-5-18-6-4-14/h1-2,7H,3-6H2,(H,16,17). The Morgan fingerprint density at radius 2 is 2.11 bits per heavy atom. The Kier molecular flexibility index (Phi) is 2.60. The van der Waals surface area contributed by atoms with Crippen molar-refractivity contribution in [2.24, 2.45) is 0 Å². The van der Waals surface area contributed by atoms with Crippen LogP contribution in [0.4, 0.5) is 0 Å². The highest BCUT2D eigenvalue weighted by Gasteiger charge is 2.16. The SMILES string of the molecule is O=C(O)c1ccc2nnn(N3CCOCC3)c2c1. The minimum absolute atomic E-state index is 0.235. The number of morpholine rings is 1. The van der Waals surface area contributed by atoms with Gasteiger partial charge in [-0.2, -0.15) is 4.79 Å². The molecule has 7 heteroatoms. The summed E-state index contributed by atoms with van der Waals surface area (Å²) in [5, 5.41) is 19.1. The molecule has 0 spiro atoms. The summed E-state index contributed by atoms with van der Waals surface area (Å²) in [5.41, 5.74) is 1.63. The quantitative estimate of drug-likeness (QED) is 0.811. The van der Waals surface area contributed by atoms with Crippen LogP contribution < -0.4 is 5.01 Å². The van der Waals surface area contributed by atoms with Crippen LogP contribution in [0.2, 0.25) is 0 Å². The molecule has 1 saturated heterocycles. The molecule has 3 rings (SSSR count). The molecular weight excluding hydrogens is 236 g/mol. The summed E-state index contributed by atoms with van der Waals surface area (Å²) in [6.45, 7) is 2.71. The lowest BCUT2D eigenvalue weighted by Gasteiger charge is -2.28. The van der Waals surface area contributed by atoms with Crippen LogP contribution in [0, 0.1) is 0 Å². The third kappa shape index (κ3) is 1.78. The zero-order valence-electron chi connectivity index (χ0n) is 9.61. The smallest absolute Gasteiger partial charge is 0.335 e. The average Bonchev–Trinajstić information content (AvgIpc) is 2.82. The molecule has 0 saturated carbocycles. The summed E-state index contributed by atoms with van der Waals surface area (Å²) in [5.74, 6) is -0.952. The molecule has 1 aliphatic rings. The Morgan fingerprint density at radius 3 is 2.83 bits per heavy atom. The van der Waals surface area contributed by atoms with E-state index in [0.29, 0.717) is 24.2 Å². The summed E-state index contributed by atoms with van der Waals surface area (Å²) in [4.78, 5) is 12.6. The first-order valence-corrected chi connectivity index (χ1v) is 5.67. The van der Waals surface area contributed by atoms with Gasteiger partial charge in [0.25, 0.3) is 0 Å². The maximum absolute atomic E-state index is 11.0. The lowest BCUT2D eigenvalue weighted by molar-refractivity contribution is 0.0697. The van der Waals surface area contributed by atoms with E-state index in [0.717, 1.165) is 13.1 Å². The lowest BCUT2D eigenvalue weighted by Crippen LogP contribution is -2.44. The monoisotopic (exact) mass is 248 g/mol. The van der Waals surface area contributed by atoms with E-state index in [9.17, 15) is 4.79 Å². The van der Waals surface area contributed by atoms with E-state index in [4.69, 9.17) is 9.84 Å². The van der Waals surface area contributed by atoms with Crippen molar-refractivity contribution in [3.05, 3.63) is 23.8 Å². The lowest BCUT2D eigenvalue weighted by atomic mass is 10.2. The molecule has 0 bridgehead atoms. The van der Waals surface area contributed by atoms with Crippen LogP contribution in [0.25, 0.3) is 11.0 Å². The molecule has 1 aromatic heterocycles. The largest absolute Gasteiger partial charge is 0.478 e. The van der Waals surface area contributed by atoms with E-state index >= 15 is 0 Å². The van der Waals surface area contributed by atoms with Gasteiger partial charge >= 0.3 is 5.97 Å². The number of rotatable bonds is 2. The normalized spacial score (nSPS) is 16.1. The third-order valence-electron chi connectivity index (χ3n) is 2.93. The fourth-order valence-corrected chi connectivity index (χ4v) is 1.99. The van der Waals surface area contributed by atoms with Crippen molar-refractivity contribution in [3.63, 3.8) is 0 Å². The van der Waals surface area contributed by atoms with Gasteiger partial charge in [0.1, 0.15) is 11.0 Å². The Bertz CT molecular complexity index is 589. The second kappa shape index (κ2) is 4.26. The summed E-state index contributed by atoms with van der Waals surface area (Å²) in [6, 6.07) is 4.79. The molecule has 0 radical (unpaired) electrons. The van der Waals surface area contributed by atoms with Crippen LogP contribution in [0.1, 0.15) is 10.4 Å². The molecule has 1 N–H and O–H groups in total. The molecule has 94 valence electrons. The van der Waals surface area contributed by atoms with Gasteiger partial charge in [0, 0.05) is 0 Å². The number of nitrogens with zero attached hydrogens (tertiary/aromatic N) is 4. The van der Waals surface area contributed by atoms with E-state index in [2.05, 4.69) is 10.3 Å². The van der Waals surface area contributed by atoms with Gasteiger partial charge in [-0.1, -0.05) is 0 Å². The van der Waals surface area contributed by atoms with Gasteiger partial charge in [0.2, 0.25) is 0 Å². The molecular formula is C11H12N4O3. The zero-order valence-corrected chi connectivity index (χ0v) is 9.61. The molecule has 2 aromatic rings. The number of carboxylic acid groups (broad SMARTS) is 1. The van der Waals surface area contributed by atoms with Crippen LogP contribution in [0.15, 0.2) is 18.2 Å². The minimum Gasteiger partial charge on any atom is -0.478 e. The number of benzene rings is 1. The van der Waals surface area contributed by atoms with Gasteiger partial charge in [0.05, 0.1) is 31.9 Å². The molecule has 0 aliphatic carbocycles. The number of aromatic carboxylic acids is 1. The highest BCUT2D eigenvalue weighted by molar-refractivity contribution is 5.92. The topological polar surface area (TPSA) is 80.5 Å². The van der Waals surface area contributed by atoms with Crippen molar-refractivity contribution in [3.8, 4) is 0 Å². The number of carbonyl (C=O) groups is 1. The van der Waals surface area contributed by atoms with Gasteiger partial charge in [-0.3, -0.25) is 5.01 Å². The van der Waals surface area contributed by atoms with Crippen molar-refractivity contribution in [2.75, 3.05) is 31.3 Å². The molecule has 1 aromatic carbocycles. The highest BCUT2D eigenvalue weighted by atomic mass is 16.5. The molecule has 0 amide bonds.